The normalized spacial score (nSPS) is 13.9. The third-order valence-corrected chi connectivity index (χ3v) is 6.06. The third-order valence-electron chi connectivity index (χ3n) is 6.06. The lowest BCUT2D eigenvalue weighted by Gasteiger charge is -2.36. The number of nitrogens with one attached hydrogen (secondary N) is 1. The summed E-state index contributed by atoms with van der Waals surface area (Å²) < 4.78 is 16.0. The van der Waals surface area contributed by atoms with Crippen LogP contribution >= 0.6 is 0 Å². The lowest BCUT2D eigenvalue weighted by molar-refractivity contribution is 0.102. The number of hydrogen-bond donors (Lipinski definition) is 1. The van der Waals surface area contributed by atoms with E-state index in [0.717, 1.165) is 38.4 Å². The van der Waals surface area contributed by atoms with Crippen molar-refractivity contribution >= 4 is 17.3 Å². The highest BCUT2D eigenvalue weighted by molar-refractivity contribution is 6.06. The van der Waals surface area contributed by atoms with Crippen LogP contribution in [0.25, 0.3) is 0 Å². The first-order valence-corrected chi connectivity index (χ1v) is 11.3. The van der Waals surface area contributed by atoms with Gasteiger partial charge < -0.3 is 24.4 Å². The molecule has 7 nitrogen and oxygen atoms in total. The van der Waals surface area contributed by atoms with Crippen LogP contribution in [0.5, 0.6) is 17.2 Å². The number of anilines is 2. The van der Waals surface area contributed by atoms with Gasteiger partial charge in [0.05, 0.1) is 26.9 Å². The summed E-state index contributed by atoms with van der Waals surface area (Å²) in [7, 11) is 4.60. The minimum Gasteiger partial charge on any atom is -0.496 e. The maximum Gasteiger partial charge on any atom is 0.259 e. The Morgan fingerprint density at radius 1 is 0.794 bits per heavy atom. The zero-order valence-corrected chi connectivity index (χ0v) is 19.9. The van der Waals surface area contributed by atoms with Crippen LogP contribution in [-0.4, -0.2) is 58.3 Å². The molecule has 1 N–H and O–H groups in total. The molecule has 1 aliphatic rings. The molecule has 0 atom stereocenters. The Hall–Kier alpha value is -3.71. The fraction of sp³-hybridized carbons (Fsp3) is 0.296. The van der Waals surface area contributed by atoms with Gasteiger partial charge in [0.25, 0.3) is 5.91 Å². The van der Waals surface area contributed by atoms with Gasteiger partial charge in [0.15, 0.2) is 11.5 Å². The van der Waals surface area contributed by atoms with E-state index in [1.165, 1.54) is 19.8 Å². The van der Waals surface area contributed by atoms with Crippen LogP contribution in [0.3, 0.4) is 0 Å². The largest absolute Gasteiger partial charge is 0.496 e. The molecule has 0 radical (unpaired) electrons. The van der Waals surface area contributed by atoms with Crippen LogP contribution in [0.4, 0.5) is 11.4 Å². The van der Waals surface area contributed by atoms with Crippen molar-refractivity contribution in [2.45, 2.75) is 6.54 Å². The maximum atomic E-state index is 12.9. The van der Waals surface area contributed by atoms with Crippen LogP contribution in [0, 0.1) is 0 Å². The van der Waals surface area contributed by atoms with E-state index in [4.69, 9.17) is 14.2 Å². The summed E-state index contributed by atoms with van der Waals surface area (Å²) in [6.07, 6.45) is 0. The SMILES string of the molecule is COc1cc(OC)c(C(=O)Nc2ccc(N3CCN(Cc4ccccc4)CC3)cc2)cc1OC. The summed E-state index contributed by atoms with van der Waals surface area (Å²) in [4.78, 5) is 17.8. The number of amides is 1. The fourth-order valence-electron chi connectivity index (χ4n) is 4.17. The van der Waals surface area contributed by atoms with Gasteiger partial charge in [-0.25, -0.2) is 0 Å². The lowest BCUT2D eigenvalue weighted by atomic mass is 10.1. The predicted molar refractivity (Wildman–Crippen MR) is 134 cm³/mol. The van der Waals surface area contributed by atoms with Crippen molar-refractivity contribution in [1.82, 2.24) is 4.90 Å². The van der Waals surface area contributed by atoms with Crippen molar-refractivity contribution in [2.24, 2.45) is 0 Å². The Kier molecular flexibility index (Phi) is 7.54. The number of carbonyl (C=O) groups is 1. The van der Waals surface area contributed by atoms with E-state index in [1.807, 2.05) is 24.3 Å². The molecule has 0 bridgehead atoms. The van der Waals surface area contributed by atoms with E-state index in [1.54, 1.807) is 19.2 Å². The highest BCUT2D eigenvalue weighted by atomic mass is 16.5. The third kappa shape index (κ3) is 5.43. The molecule has 1 amide bonds. The van der Waals surface area contributed by atoms with Crippen LogP contribution in [0.2, 0.25) is 0 Å². The van der Waals surface area contributed by atoms with Gasteiger partial charge in [0.2, 0.25) is 0 Å². The first kappa shape index (κ1) is 23.4. The Morgan fingerprint density at radius 3 is 2.03 bits per heavy atom. The van der Waals surface area contributed by atoms with E-state index in [9.17, 15) is 4.79 Å². The summed E-state index contributed by atoms with van der Waals surface area (Å²) in [5.41, 5.74) is 3.59. The smallest absolute Gasteiger partial charge is 0.259 e. The van der Waals surface area contributed by atoms with Crippen LogP contribution in [-0.2, 0) is 6.54 Å². The van der Waals surface area contributed by atoms with Crippen molar-refractivity contribution in [3.8, 4) is 17.2 Å². The molecule has 4 rings (SSSR count). The highest BCUT2D eigenvalue weighted by Crippen LogP contribution is 2.35. The molecule has 34 heavy (non-hydrogen) atoms. The number of nitrogens with zero attached hydrogens (tertiary/aromatic N) is 2. The van der Waals surface area contributed by atoms with E-state index < -0.39 is 0 Å². The van der Waals surface area contributed by atoms with Crippen LogP contribution < -0.4 is 24.4 Å². The standard InChI is InChI=1S/C27H31N3O4/c1-32-24-18-26(34-3)25(33-2)17-23(24)27(31)28-21-9-11-22(12-10-21)30-15-13-29(14-16-30)19-20-7-5-4-6-8-20/h4-12,17-18H,13-16,19H2,1-3H3,(H,28,31). The minimum absolute atomic E-state index is 0.278. The quantitative estimate of drug-likeness (QED) is 0.540. The van der Waals surface area contributed by atoms with Crippen molar-refractivity contribution in [1.29, 1.82) is 0 Å². The Morgan fingerprint density at radius 2 is 1.41 bits per heavy atom. The molecule has 3 aromatic rings. The Bertz CT molecular complexity index is 1090. The molecule has 1 aliphatic heterocycles. The second-order valence-electron chi connectivity index (χ2n) is 8.16. The summed E-state index contributed by atoms with van der Waals surface area (Å²) in [5.74, 6) is 1.11. The number of hydrogen-bond acceptors (Lipinski definition) is 6. The monoisotopic (exact) mass is 461 g/mol. The van der Waals surface area contributed by atoms with Gasteiger partial charge in [0, 0.05) is 56.2 Å². The molecule has 0 aromatic heterocycles. The molecule has 0 unspecified atom stereocenters. The highest BCUT2D eigenvalue weighted by Gasteiger charge is 2.19. The molecule has 178 valence electrons. The van der Waals surface area contributed by atoms with E-state index in [-0.39, 0.29) is 5.91 Å². The first-order chi connectivity index (χ1) is 16.6. The number of methoxy groups -OCH3 is 3. The molecule has 1 saturated heterocycles. The molecule has 0 spiro atoms. The Balaban J connectivity index is 1.37. The van der Waals surface area contributed by atoms with Gasteiger partial charge in [-0.15, -0.1) is 0 Å². The molecular formula is C27H31N3O4. The number of piperazine rings is 1. The van der Waals surface area contributed by atoms with Gasteiger partial charge >= 0.3 is 0 Å². The van der Waals surface area contributed by atoms with Gasteiger partial charge in [-0.1, -0.05) is 30.3 Å². The van der Waals surface area contributed by atoms with Crippen molar-refractivity contribution in [2.75, 3.05) is 57.7 Å². The molecule has 1 fully saturated rings. The number of benzene rings is 3. The zero-order chi connectivity index (χ0) is 23.9. The van der Waals surface area contributed by atoms with E-state index in [2.05, 4.69) is 45.4 Å². The maximum absolute atomic E-state index is 12.9. The number of carbonyl (C=O) groups excluding carboxylic acids is 1. The summed E-state index contributed by atoms with van der Waals surface area (Å²) >= 11 is 0. The van der Waals surface area contributed by atoms with Crippen molar-refractivity contribution in [3.63, 3.8) is 0 Å². The molecule has 3 aromatic carbocycles. The van der Waals surface area contributed by atoms with Crippen molar-refractivity contribution < 1.29 is 19.0 Å². The average molecular weight is 462 g/mol. The predicted octanol–water partition coefficient (Wildman–Crippen LogP) is 4.29. The lowest BCUT2D eigenvalue weighted by Crippen LogP contribution is -2.45. The number of rotatable bonds is 8. The number of ether oxygens (including phenoxy) is 3. The molecule has 0 saturated carbocycles. The fourth-order valence-corrected chi connectivity index (χ4v) is 4.17. The van der Waals surface area contributed by atoms with Crippen molar-refractivity contribution in [3.05, 3.63) is 77.9 Å². The van der Waals surface area contributed by atoms with E-state index in [0.29, 0.717) is 28.5 Å². The first-order valence-electron chi connectivity index (χ1n) is 11.3. The zero-order valence-electron chi connectivity index (χ0n) is 19.9. The van der Waals surface area contributed by atoms with Gasteiger partial charge in [0.1, 0.15) is 5.75 Å². The molecular weight excluding hydrogens is 430 g/mol. The van der Waals surface area contributed by atoms with Crippen LogP contribution in [0.15, 0.2) is 66.7 Å². The summed E-state index contributed by atoms with van der Waals surface area (Å²) in [5, 5.41) is 2.94. The Labute approximate surface area is 200 Å². The molecule has 7 heteroatoms. The minimum atomic E-state index is -0.278. The van der Waals surface area contributed by atoms with Crippen LogP contribution in [0.1, 0.15) is 15.9 Å². The summed E-state index contributed by atoms with van der Waals surface area (Å²) in [6, 6.07) is 21.8. The second kappa shape index (κ2) is 10.9. The van der Waals surface area contributed by atoms with Gasteiger partial charge in [-0.3, -0.25) is 9.69 Å². The second-order valence-corrected chi connectivity index (χ2v) is 8.16. The molecule has 0 aliphatic carbocycles. The van der Waals surface area contributed by atoms with Gasteiger partial charge in [-0.2, -0.15) is 0 Å². The van der Waals surface area contributed by atoms with E-state index >= 15 is 0 Å². The van der Waals surface area contributed by atoms with Gasteiger partial charge in [-0.05, 0) is 29.8 Å². The molecule has 1 heterocycles. The summed E-state index contributed by atoms with van der Waals surface area (Å²) in [6.45, 7) is 4.97. The topological polar surface area (TPSA) is 63.3 Å². The average Bonchev–Trinajstić information content (AvgIpc) is 2.89.